The normalized spacial score (nSPS) is 11.2. The molecule has 0 spiro atoms. The van der Waals surface area contributed by atoms with E-state index in [0.717, 1.165) is 0 Å². The third-order valence-electron chi connectivity index (χ3n) is 1.16. The average Bonchev–Trinajstić information content (AvgIpc) is 1.82. The molecule has 0 rings (SSSR count). The van der Waals surface area contributed by atoms with E-state index in [1.165, 1.54) is 0 Å². The third kappa shape index (κ3) is 4.33. The van der Waals surface area contributed by atoms with Crippen molar-refractivity contribution in [3.05, 3.63) is 0 Å². The molecule has 0 aliphatic heterocycles. The molecule has 0 N–H and O–H groups in total. The Hall–Kier alpha value is -0.180. The number of hydrogen-bond donors (Lipinski definition) is 1. The molecule has 0 saturated heterocycles. The Morgan fingerprint density at radius 3 is 2.56 bits per heavy atom. The Kier molecular flexibility index (Phi) is 4.58. The van der Waals surface area contributed by atoms with E-state index in [4.69, 9.17) is 0 Å². The topological polar surface area (TPSA) is 15.6 Å². The van der Waals surface area contributed by atoms with Gasteiger partial charge in [-0.25, -0.2) is 0 Å². The molecule has 0 heterocycles. The van der Waals surface area contributed by atoms with E-state index in [1.54, 1.807) is 6.34 Å². The van der Waals surface area contributed by atoms with E-state index in [-0.39, 0.29) is 0 Å². The summed E-state index contributed by atoms with van der Waals surface area (Å²) < 4.78 is 0. The predicted octanol–water partition coefficient (Wildman–Crippen LogP) is 1.24. The molecule has 0 fully saturated rings. The Labute approximate surface area is 62.4 Å². The summed E-state index contributed by atoms with van der Waals surface area (Å²) in [5.74, 6) is 0.567. The maximum absolute atomic E-state index is 3.96. The van der Waals surface area contributed by atoms with Crippen LogP contribution in [0.15, 0.2) is 4.99 Å². The first-order valence-electron chi connectivity index (χ1n) is 3.01. The lowest BCUT2D eigenvalue weighted by molar-refractivity contribution is 0.429. The van der Waals surface area contributed by atoms with E-state index in [0.29, 0.717) is 11.9 Å². The highest BCUT2D eigenvalue weighted by molar-refractivity contribution is 7.80. The first kappa shape index (κ1) is 8.82. The van der Waals surface area contributed by atoms with Crippen LogP contribution < -0.4 is 0 Å². The van der Waals surface area contributed by atoms with Gasteiger partial charge in [0.25, 0.3) is 0 Å². The van der Waals surface area contributed by atoms with E-state index in [2.05, 4.69) is 31.5 Å². The van der Waals surface area contributed by atoms with Gasteiger partial charge in [-0.1, -0.05) is 0 Å². The van der Waals surface area contributed by atoms with E-state index in [9.17, 15) is 0 Å². The summed E-state index contributed by atoms with van der Waals surface area (Å²) in [5.41, 5.74) is 0. The Morgan fingerprint density at radius 1 is 1.67 bits per heavy atom. The minimum atomic E-state index is 0.522. The molecule has 0 saturated carbocycles. The Bertz CT molecular complexity index is 91.1. The molecule has 54 valence electrons. The summed E-state index contributed by atoms with van der Waals surface area (Å²) >= 11 is 3.94. The summed E-state index contributed by atoms with van der Waals surface area (Å²) in [6, 6.07) is 0.522. The van der Waals surface area contributed by atoms with Crippen LogP contribution in [0.4, 0.5) is 0 Å². The number of nitrogens with zero attached hydrogens (tertiary/aromatic N) is 2. The molecular formula is C6H14N2S. The van der Waals surface area contributed by atoms with Crippen molar-refractivity contribution in [3.63, 3.8) is 0 Å². The van der Waals surface area contributed by atoms with Crippen molar-refractivity contribution in [2.45, 2.75) is 19.9 Å². The van der Waals surface area contributed by atoms with E-state index in [1.807, 2.05) is 11.9 Å². The molecule has 0 aromatic carbocycles. The van der Waals surface area contributed by atoms with Gasteiger partial charge in [0.1, 0.15) is 0 Å². The van der Waals surface area contributed by atoms with Gasteiger partial charge in [0, 0.05) is 13.1 Å². The molecule has 2 nitrogen and oxygen atoms in total. The molecule has 0 aliphatic rings. The largest absolute Gasteiger partial charge is 0.364 e. The van der Waals surface area contributed by atoms with Gasteiger partial charge in [-0.15, -0.1) is 0 Å². The summed E-state index contributed by atoms with van der Waals surface area (Å²) in [7, 11) is 2.00. The summed E-state index contributed by atoms with van der Waals surface area (Å²) in [6.07, 6.45) is 1.80. The second-order valence-corrected chi connectivity index (χ2v) is 2.48. The number of hydrogen-bond acceptors (Lipinski definition) is 2. The second kappa shape index (κ2) is 4.68. The molecule has 0 radical (unpaired) electrons. The zero-order valence-electron chi connectivity index (χ0n) is 6.20. The van der Waals surface area contributed by atoms with Gasteiger partial charge in [-0.3, -0.25) is 4.99 Å². The Balaban J connectivity index is 3.48. The first-order valence-corrected chi connectivity index (χ1v) is 3.64. The highest BCUT2D eigenvalue weighted by Crippen LogP contribution is 1.88. The molecule has 0 aromatic rings. The van der Waals surface area contributed by atoms with Gasteiger partial charge in [0.05, 0.1) is 12.2 Å². The lowest BCUT2D eigenvalue weighted by Gasteiger charge is -2.16. The maximum Gasteiger partial charge on any atom is 0.0859 e. The zero-order chi connectivity index (χ0) is 7.28. The van der Waals surface area contributed by atoms with Crippen molar-refractivity contribution in [1.29, 1.82) is 0 Å². The smallest absolute Gasteiger partial charge is 0.0859 e. The first-order chi connectivity index (χ1) is 4.18. The van der Waals surface area contributed by atoms with Crippen LogP contribution in [0.1, 0.15) is 13.8 Å². The van der Waals surface area contributed by atoms with Crippen LogP contribution in [-0.2, 0) is 0 Å². The van der Waals surface area contributed by atoms with E-state index < -0.39 is 0 Å². The zero-order valence-corrected chi connectivity index (χ0v) is 7.10. The summed E-state index contributed by atoms with van der Waals surface area (Å²) in [6.45, 7) is 4.23. The van der Waals surface area contributed by atoms with Gasteiger partial charge < -0.3 is 4.90 Å². The monoisotopic (exact) mass is 146 g/mol. The minimum Gasteiger partial charge on any atom is -0.364 e. The molecule has 0 amide bonds. The lowest BCUT2D eigenvalue weighted by atomic mass is 10.4. The molecule has 0 bridgehead atoms. The maximum atomic E-state index is 3.96. The molecule has 0 aliphatic carbocycles. The highest BCUT2D eigenvalue weighted by Gasteiger charge is 1.94. The summed E-state index contributed by atoms with van der Waals surface area (Å²) in [5, 5.41) is 0. The fraction of sp³-hybridized carbons (Fsp3) is 0.833. The van der Waals surface area contributed by atoms with Gasteiger partial charge in [0.2, 0.25) is 0 Å². The van der Waals surface area contributed by atoms with Crippen molar-refractivity contribution < 1.29 is 0 Å². The fourth-order valence-corrected chi connectivity index (χ4v) is 0.372. The third-order valence-corrected chi connectivity index (χ3v) is 1.32. The van der Waals surface area contributed by atoms with Gasteiger partial charge in [-0.2, -0.15) is 12.6 Å². The fourth-order valence-electron chi connectivity index (χ4n) is 0.299. The van der Waals surface area contributed by atoms with Crippen LogP contribution in [-0.4, -0.2) is 30.2 Å². The van der Waals surface area contributed by atoms with Crippen LogP contribution >= 0.6 is 12.6 Å². The average molecular weight is 146 g/mol. The van der Waals surface area contributed by atoms with Crippen molar-refractivity contribution in [3.8, 4) is 0 Å². The minimum absolute atomic E-state index is 0.522. The van der Waals surface area contributed by atoms with Crippen LogP contribution in [0.25, 0.3) is 0 Å². The number of rotatable bonds is 3. The highest BCUT2D eigenvalue weighted by atomic mass is 32.1. The SMILES string of the molecule is CC(C)N(C)/C=N\CS. The van der Waals surface area contributed by atoms with Crippen molar-refractivity contribution >= 4 is 19.0 Å². The molecular weight excluding hydrogens is 132 g/mol. The van der Waals surface area contributed by atoms with Crippen LogP contribution in [0, 0.1) is 0 Å². The predicted molar refractivity (Wildman–Crippen MR) is 45.2 cm³/mol. The summed E-state index contributed by atoms with van der Waals surface area (Å²) in [4.78, 5) is 6.00. The number of aliphatic imine (C=N–C) groups is 1. The van der Waals surface area contributed by atoms with Crippen molar-refractivity contribution in [1.82, 2.24) is 4.90 Å². The van der Waals surface area contributed by atoms with Crippen molar-refractivity contribution in [2.75, 3.05) is 12.9 Å². The quantitative estimate of drug-likeness (QED) is 0.360. The van der Waals surface area contributed by atoms with Crippen LogP contribution in [0.2, 0.25) is 0 Å². The molecule has 0 atom stereocenters. The van der Waals surface area contributed by atoms with Gasteiger partial charge in [-0.05, 0) is 13.8 Å². The van der Waals surface area contributed by atoms with Crippen LogP contribution in [0.5, 0.6) is 0 Å². The van der Waals surface area contributed by atoms with E-state index >= 15 is 0 Å². The Morgan fingerprint density at radius 2 is 2.22 bits per heavy atom. The second-order valence-electron chi connectivity index (χ2n) is 2.20. The molecule has 3 heteroatoms. The number of thiol groups is 1. The standard InChI is InChI=1S/C6H14N2S/c1-6(2)8(3)4-7-5-9/h4,6,9H,5H2,1-3H3/b7-4-. The van der Waals surface area contributed by atoms with Crippen LogP contribution in [0.3, 0.4) is 0 Å². The van der Waals surface area contributed by atoms with Gasteiger partial charge >= 0.3 is 0 Å². The molecule has 0 aromatic heterocycles. The lowest BCUT2D eigenvalue weighted by Crippen LogP contribution is -2.24. The molecule has 0 unspecified atom stereocenters. The molecule has 9 heavy (non-hydrogen) atoms. The van der Waals surface area contributed by atoms with Gasteiger partial charge in [0.15, 0.2) is 0 Å². The van der Waals surface area contributed by atoms with Crippen molar-refractivity contribution in [2.24, 2.45) is 4.99 Å².